The van der Waals surface area contributed by atoms with E-state index < -0.39 is 6.10 Å². The topological polar surface area (TPSA) is 23.5 Å². The average molecular weight is 273 g/mol. The van der Waals surface area contributed by atoms with E-state index in [4.69, 9.17) is 0 Å². The van der Waals surface area contributed by atoms with Crippen molar-refractivity contribution in [3.63, 3.8) is 0 Å². The van der Waals surface area contributed by atoms with Crippen molar-refractivity contribution in [3.8, 4) is 0 Å². The highest BCUT2D eigenvalue weighted by Crippen LogP contribution is 2.33. The normalized spacial score (nSPS) is 12.2. The van der Waals surface area contributed by atoms with Crippen LogP contribution < -0.4 is 4.90 Å². The molecule has 0 spiro atoms. The second-order valence-corrected chi connectivity index (χ2v) is 4.68. The number of para-hydroxylation sites is 2. The Balaban J connectivity index is 2.50. The van der Waals surface area contributed by atoms with Gasteiger partial charge in [-0.25, -0.2) is 4.39 Å². The molecule has 0 aromatic heterocycles. The fraction of sp³-hybridized carbons (Fsp3) is 0.294. The van der Waals surface area contributed by atoms with E-state index in [1.807, 2.05) is 49.1 Å². The van der Waals surface area contributed by atoms with Gasteiger partial charge in [0, 0.05) is 17.8 Å². The molecule has 0 amide bonds. The SMILES string of the molecule is CCC(O)c1ccccc1N(CC)c1ccccc1F. The van der Waals surface area contributed by atoms with Gasteiger partial charge in [0.25, 0.3) is 0 Å². The van der Waals surface area contributed by atoms with E-state index in [-0.39, 0.29) is 5.82 Å². The smallest absolute Gasteiger partial charge is 0.146 e. The first-order valence-electron chi connectivity index (χ1n) is 6.98. The predicted molar refractivity (Wildman–Crippen MR) is 80.8 cm³/mol. The molecule has 0 heterocycles. The van der Waals surface area contributed by atoms with Crippen molar-refractivity contribution >= 4 is 11.4 Å². The van der Waals surface area contributed by atoms with Gasteiger partial charge >= 0.3 is 0 Å². The fourth-order valence-corrected chi connectivity index (χ4v) is 2.38. The van der Waals surface area contributed by atoms with Gasteiger partial charge in [0.1, 0.15) is 5.82 Å². The van der Waals surface area contributed by atoms with Crippen molar-refractivity contribution in [1.29, 1.82) is 0 Å². The maximum absolute atomic E-state index is 14.0. The van der Waals surface area contributed by atoms with Gasteiger partial charge in [-0.15, -0.1) is 0 Å². The number of hydrogen-bond donors (Lipinski definition) is 1. The van der Waals surface area contributed by atoms with Crippen LogP contribution in [-0.2, 0) is 0 Å². The van der Waals surface area contributed by atoms with E-state index in [1.165, 1.54) is 6.07 Å². The fourth-order valence-electron chi connectivity index (χ4n) is 2.38. The van der Waals surface area contributed by atoms with Gasteiger partial charge in [-0.2, -0.15) is 0 Å². The lowest BCUT2D eigenvalue weighted by Crippen LogP contribution is -2.19. The Labute approximate surface area is 119 Å². The summed E-state index contributed by atoms with van der Waals surface area (Å²) in [7, 11) is 0. The van der Waals surface area contributed by atoms with Crippen LogP contribution in [0.4, 0.5) is 15.8 Å². The lowest BCUT2D eigenvalue weighted by atomic mass is 10.0. The maximum Gasteiger partial charge on any atom is 0.146 e. The van der Waals surface area contributed by atoms with Gasteiger partial charge in [-0.05, 0) is 31.5 Å². The minimum absolute atomic E-state index is 0.254. The minimum atomic E-state index is -0.535. The predicted octanol–water partition coefficient (Wildman–Crippen LogP) is 4.43. The van der Waals surface area contributed by atoms with Crippen LogP contribution >= 0.6 is 0 Å². The highest BCUT2D eigenvalue weighted by atomic mass is 19.1. The molecule has 0 fully saturated rings. The molecule has 1 N–H and O–H groups in total. The summed E-state index contributed by atoms with van der Waals surface area (Å²) in [5.41, 5.74) is 2.22. The minimum Gasteiger partial charge on any atom is -0.388 e. The van der Waals surface area contributed by atoms with Crippen molar-refractivity contribution < 1.29 is 9.50 Å². The van der Waals surface area contributed by atoms with E-state index in [9.17, 15) is 9.50 Å². The van der Waals surface area contributed by atoms with Gasteiger partial charge in [-0.3, -0.25) is 0 Å². The van der Waals surface area contributed by atoms with Gasteiger partial charge in [0.05, 0.1) is 11.8 Å². The molecular weight excluding hydrogens is 253 g/mol. The van der Waals surface area contributed by atoms with E-state index in [0.29, 0.717) is 18.7 Å². The van der Waals surface area contributed by atoms with Crippen LogP contribution in [0, 0.1) is 5.82 Å². The second-order valence-electron chi connectivity index (χ2n) is 4.68. The summed E-state index contributed by atoms with van der Waals surface area (Å²) in [6.07, 6.45) is 0.0956. The van der Waals surface area contributed by atoms with Crippen molar-refractivity contribution in [3.05, 3.63) is 59.9 Å². The molecule has 0 saturated heterocycles. The van der Waals surface area contributed by atoms with Crippen molar-refractivity contribution in [2.75, 3.05) is 11.4 Å². The number of nitrogens with zero attached hydrogens (tertiary/aromatic N) is 1. The summed E-state index contributed by atoms with van der Waals surface area (Å²) in [4.78, 5) is 1.89. The standard InChI is InChI=1S/C17H20FNO/c1-3-17(20)13-9-5-7-11-15(13)19(4-2)16-12-8-6-10-14(16)18/h5-12,17,20H,3-4H2,1-2H3. The molecule has 2 rings (SSSR count). The van der Waals surface area contributed by atoms with E-state index in [0.717, 1.165) is 11.3 Å². The molecule has 106 valence electrons. The van der Waals surface area contributed by atoms with Crippen LogP contribution in [0.3, 0.4) is 0 Å². The number of rotatable bonds is 5. The summed E-state index contributed by atoms with van der Waals surface area (Å²) in [5, 5.41) is 10.2. The molecule has 2 aromatic carbocycles. The Morgan fingerprint density at radius 3 is 2.20 bits per heavy atom. The summed E-state index contributed by atoms with van der Waals surface area (Å²) >= 11 is 0. The van der Waals surface area contributed by atoms with Gasteiger partial charge in [-0.1, -0.05) is 37.3 Å². The van der Waals surface area contributed by atoms with Crippen molar-refractivity contribution in [2.45, 2.75) is 26.4 Å². The van der Waals surface area contributed by atoms with Crippen LogP contribution in [0.25, 0.3) is 0 Å². The van der Waals surface area contributed by atoms with Crippen molar-refractivity contribution in [2.24, 2.45) is 0 Å². The van der Waals surface area contributed by atoms with Crippen LogP contribution in [-0.4, -0.2) is 11.7 Å². The molecule has 0 aliphatic heterocycles. The van der Waals surface area contributed by atoms with Crippen LogP contribution in [0.1, 0.15) is 31.9 Å². The molecule has 1 atom stereocenters. The zero-order chi connectivity index (χ0) is 14.5. The number of aliphatic hydroxyl groups excluding tert-OH is 1. The molecule has 0 radical (unpaired) electrons. The Hall–Kier alpha value is -1.87. The molecule has 0 aliphatic carbocycles. The highest BCUT2D eigenvalue weighted by molar-refractivity contribution is 5.67. The highest BCUT2D eigenvalue weighted by Gasteiger charge is 2.17. The molecule has 2 nitrogen and oxygen atoms in total. The largest absolute Gasteiger partial charge is 0.388 e. The first-order chi connectivity index (χ1) is 9.69. The lowest BCUT2D eigenvalue weighted by molar-refractivity contribution is 0.174. The van der Waals surface area contributed by atoms with Crippen molar-refractivity contribution in [1.82, 2.24) is 0 Å². The lowest BCUT2D eigenvalue weighted by Gasteiger charge is -2.27. The first-order valence-corrected chi connectivity index (χ1v) is 6.98. The Morgan fingerprint density at radius 1 is 1.00 bits per heavy atom. The number of aliphatic hydroxyl groups is 1. The first kappa shape index (κ1) is 14.5. The quantitative estimate of drug-likeness (QED) is 0.871. The summed E-state index contributed by atoms with van der Waals surface area (Å²) in [6, 6.07) is 14.3. The third kappa shape index (κ3) is 2.83. The monoisotopic (exact) mass is 273 g/mol. The van der Waals surface area contributed by atoms with Gasteiger partial charge in [0.15, 0.2) is 0 Å². The summed E-state index contributed by atoms with van der Waals surface area (Å²) < 4.78 is 14.0. The number of hydrogen-bond acceptors (Lipinski definition) is 2. The molecule has 3 heteroatoms. The maximum atomic E-state index is 14.0. The van der Waals surface area contributed by atoms with E-state index in [1.54, 1.807) is 12.1 Å². The second kappa shape index (κ2) is 6.53. The van der Waals surface area contributed by atoms with E-state index >= 15 is 0 Å². The molecular formula is C17H20FNO. The van der Waals surface area contributed by atoms with Crippen LogP contribution in [0.5, 0.6) is 0 Å². The molecule has 0 saturated carbocycles. The average Bonchev–Trinajstić information content (AvgIpc) is 2.49. The van der Waals surface area contributed by atoms with E-state index in [2.05, 4.69) is 0 Å². The van der Waals surface area contributed by atoms with Gasteiger partial charge in [0.2, 0.25) is 0 Å². The zero-order valence-corrected chi connectivity index (χ0v) is 11.9. The Morgan fingerprint density at radius 2 is 1.60 bits per heavy atom. The number of benzene rings is 2. The van der Waals surface area contributed by atoms with Crippen LogP contribution in [0.15, 0.2) is 48.5 Å². The molecule has 2 aromatic rings. The molecule has 0 aliphatic rings. The third-order valence-corrected chi connectivity index (χ3v) is 3.43. The number of anilines is 2. The zero-order valence-electron chi connectivity index (χ0n) is 11.9. The Kier molecular flexibility index (Phi) is 4.74. The number of halogens is 1. The molecule has 1 unspecified atom stereocenters. The van der Waals surface area contributed by atoms with Crippen LogP contribution in [0.2, 0.25) is 0 Å². The van der Waals surface area contributed by atoms with Gasteiger partial charge < -0.3 is 10.0 Å². The molecule has 0 bridgehead atoms. The summed E-state index contributed by atoms with van der Waals surface area (Å²) in [6.45, 7) is 4.54. The molecule has 20 heavy (non-hydrogen) atoms. The Bertz CT molecular complexity index is 570. The summed E-state index contributed by atoms with van der Waals surface area (Å²) in [5.74, 6) is -0.254. The third-order valence-electron chi connectivity index (χ3n) is 3.43.